The predicted octanol–water partition coefficient (Wildman–Crippen LogP) is 2.97. The number of pyridine rings is 2. The minimum absolute atomic E-state index is 0.0175. The highest BCUT2D eigenvalue weighted by atomic mass is 19.1. The van der Waals surface area contributed by atoms with E-state index in [-0.39, 0.29) is 17.9 Å². The highest BCUT2D eigenvalue weighted by molar-refractivity contribution is 5.92. The van der Waals surface area contributed by atoms with Crippen molar-refractivity contribution in [3.05, 3.63) is 72.1 Å². The van der Waals surface area contributed by atoms with Crippen LogP contribution in [0.3, 0.4) is 0 Å². The number of rotatable bonds is 6. The number of ether oxygens (including phenoxy) is 2. The van der Waals surface area contributed by atoms with Gasteiger partial charge in [0.25, 0.3) is 5.91 Å². The van der Waals surface area contributed by atoms with Crippen molar-refractivity contribution in [2.24, 2.45) is 5.73 Å². The first-order valence-electron chi connectivity index (χ1n) is 7.74. The molecule has 3 rings (SSSR count). The van der Waals surface area contributed by atoms with Crippen LogP contribution in [0.25, 0.3) is 11.1 Å². The molecular formula is C19H16FN3O3. The van der Waals surface area contributed by atoms with E-state index in [1.165, 1.54) is 25.4 Å². The molecule has 0 aliphatic heterocycles. The quantitative estimate of drug-likeness (QED) is 0.736. The van der Waals surface area contributed by atoms with E-state index >= 15 is 0 Å². The summed E-state index contributed by atoms with van der Waals surface area (Å²) in [6, 6.07) is 9.47. The van der Waals surface area contributed by atoms with Gasteiger partial charge in [-0.05, 0) is 24.3 Å². The van der Waals surface area contributed by atoms with Crippen molar-refractivity contribution in [1.29, 1.82) is 0 Å². The van der Waals surface area contributed by atoms with Crippen LogP contribution in [0, 0.1) is 5.82 Å². The third-order valence-electron chi connectivity index (χ3n) is 3.70. The molecule has 2 N–H and O–H groups in total. The summed E-state index contributed by atoms with van der Waals surface area (Å²) in [5.74, 6) is -0.521. The zero-order valence-corrected chi connectivity index (χ0v) is 14.0. The van der Waals surface area contributed by atoms with E-state index in [2.05, 4.69) is 9.97 Å². The van der Waals surface area contributed by atoms with E-state index < -0.39 is 11.7 Å². The number of nitrogens with two attached hydrogens (primary N) is 1. The molecule has 2 heterocycles. The molecule has 0 radical (unpaired) electrons. The lowest BCUT2D eigenvalue weighted by molar-refractivity contribution is 0.0995. The summed E-state index contributed by atoms with van der Waals surface area (Å²) in [6.07, 6.45) is 4.68. The average molecular weight is 353 g/mol. The molecule has 26 heavy (non-hydrogen) atoms. The zero-order valence-electron chi connectivity index (χ0n) is 14.0. The van der Waals surface area contributed by atoms with Gasteiger partial charge in [0.2, 0.25) is 0 Å². The van der Waals surface area contributed by atoms with Gasteiger partial charge in [-0.2, -0.15) is 0 Å². The Labute approximate surface area is 149 Å². The SMILES string of the molecule is COc1ccc(-c2cc(C(N)=O)ncc2OCc2cccnc2)c(F)c1. The van der Waals surface area contributed by atoms with E-state index in [4.69, 9.17) is 15.2 Å². The monoisotopic (exact) mass is 353 g/mol. The molecule has 2 aromatic heterocycles. The number of benzene rings is 1. The Morgan fingerprint density at radius 1 is 1.19 bits per heavy atom. The second-order valence-electron chi connectivity index (χ2n) is 5.43. The Hall–Kier alpha value is -3.48. The molecule has 7 heteroatoms. The van der Waals surface area contributed by atoms with Gasteiger partial charge in [-0.1, -0.05) is 6.07 Å². The maximum absolute atomic E-state index is 14.5. The van der Waals surface area contributed by atoms with Crippen LogP contribution in [0.15, 0.2) is 55.0 Å². The fourth-order valence-corrected chi connectivity index (χ4v) is 2.39. The summed E-state index contributed by atoms with van der Waals surface area (Å²) < 4.78 is 25.3. The van der Waals surface area contributed by atoms with Crippen molar-refractivity contribution in [3.63, 3.8) is 0 Å². The molecule has 0 fully saturated rings. The third-order valence-corrected chi connectivity index (χ3v) is 3.70. The Balaban J connectivity index is 2.00. The van der Waals surface area contributed by atoms with Crippen LogP contribution >= 0.6 is 0 Å². The van der Waals surface area contributed by atoms with Gasteiger partial charge in [-0.25, -0.2) is 9.37 Å². The molecule has 0 bridgehead atoms. The lowest BCUT2D eigenvalue weighted by atomic mass is 10.0. The molecule has 1 aromatic carbocycles. The second-order valence-corrected chi connectivity index (χ2v) is 5.43. The van der Waals surface area contributed by atoms with Gasteiger partial charge in [0.1, 0.15) is 29.6 Å². The number of halogens is 1. The maximum Gasteiger partial charge on any atom is 0.267 e. The van der Waals surface area contributed by atoms with E-state index in [1.807, 2.05) is 6.07 Å². The second kappa shape index (κ2) is 7.60. The van der Waals surface area contributed by atoms with Crippen molar-refractivity contribution in [2.75, 3.05) is 7.11 Å². The topological polar surface area (TPSA) is 87.3 Å². The maximum atomic E-state index is 14.5. The van der Waals surface area contributed by atoms with Crippen molar-refractivity contribution < 1.29 is 18.7 Å². The van der Waals surface area contributed by atoms with E-state index in [1.54, 1.807) is 30.6 Å². The van der Waals surface area contributed by atoms with Gasteiger partial charge in [0, 0.05) is 35.2 Å². The molecule has 132 valence electrons. The van der Waals surface area contributed by atoms with Gasteiger partial charge in [0.05, 0.1) is 13.3 Å². The Bertz CT molecular complexity index is 933. The van der Waals surface area contributed by atoms with Crippen molar-refractivity contribution in [1.82, 2.24) is 9.97 Å². The molecule has 0 atom stereocenters. The summed E-state index contributed by atoms with van der Waals surface area (Å²) in [6.45, 7) is 0.218. The van der Waals surface area contributed by atoms with E-state index in [0.29, 0.717) is 17.1 Å². The zero-order chi connectivity index (χ0) is 18.5. The number of carbonyl (C=O) groups is 1. The average Bonchev–Trinajstić information content (AvgIpc) is 2.67. The Kier molecular flexibility index (Phi) is 5.07. The van der Waals surface area contributed by atoms with Gasteiger partial charge < -0.3 is 15.2 Å². The lowest BCUT2D eigenvalue weighted by Crippen LogP contribution is -2.13. The molecule has 0 spiro atoms. The van der Waals surface area contributed by atoms with Gasteiger partial charge in [0.15, 0.2) is 0 Å². The minimum atomic E-state index is -0.709. The number of aromatic nitrogens is 2. The van der Waals surface area contributed by atoms with Crippen molar-refractivity contribution in [2.45, 2.75) is 6.61 Å². The Morgan fingerprint density at radius 3 is 2.69 bits per heavy atom. The number of carbonyl (C=O) groups excluding carboxylic acids is 1. The summed E-state index contributed by atoms with van der Waals surface area (Å²) in [5, 5.41) is 0. The highest BCUT2D eigenvalue weighted by Gasteiger charge is 2.16. The predicted molar refractivity (Wildman–Crippen MR) is 93.3 cm³/mol. The summed E-state index contributed by atoms with van der Waals surface area (Å²) in [7, 11) is 1.45. The standard InChI is InChI=1S/C19H16FN3O3/c1-25-13-4-5-14(16(20)7-13)15-8-17(19(21)24)23-10-18(15)26-11-12-3-2-6-22-9-12/h2-10H,11H2,1H3,(H2,21,24). The van der Waals surface area contributed by atoms with Crippen LogP contribution in [-0.4, -0.2) is 23.0 Å². The molecule has 6 nitrogen and oxygen atoms in total. The molecule has 0 aliphatic carbocycles. The fourth-order valence-electron chi connectivity index (χ4n) is 2.39. The molecular weight excluding hydrogens is 337 g/mol. The first-order chi connectivity index (χ1) is 12.6. The largest absolute Gasteiger partial charge is 0.497 e. The summed E-state index contributed by atoms with van der Waals surface area (Å²) >= 11 is 0. The van der Waals surface area contributed by atoms with E-state index in [0.717, 1.165) is 5.56 Å². The number of amides is 1. The molecule has 1 amide bonds. The lowest BCUT2D eigenvalue weighted by Gasteiger charge is -2.13. The van der Waals surface area contributed by atoms with Crippen LogP contribution < -0.4 is 15.2 Å². The normalized spacial score (nSPS) is 10.4. The van der Waals surface area contributed by atoms with Crippen LogP contribution in [0.4, 0.5) is 4.39 Å². The first kappa shape index (κ1) is 17.3. The Morgan fingerprint density at radius 2 is 2.04 bits per heavy atom. The summed E-state index contributed by atoms with van der Waals surface area (Å²) in [4.78, 5) is 19.5. The molecule has 0 saturated heterocycles. The van der Waals surface area contributed by atoms with Crippen LogP contribution in [0.5, 0.6) is 11.5 Å². The molecule has 0 aliphatic rings. The number of primary amides is 1. The molecule has 3 aromatic rings. The third kappa shape index (κ3) is 3.77. The molecule has 0 saturated carbocycles. The van der Waals surface area contributed by atoms with Gasteiger partial charge in [-0.15, -0.1) is 0 Å². The minimum Gasteiger partial charge on any atom is -0.497 e. The highest BCUT2D eigenvalue weighted by Crippen LogP contribution is 2.34. The van der Waals surface area contributed by atoms with Crippen LogP contribution in [0.2, 0.25) is 0 Å². The van der Waals surface area contributed by atoms with E-state index in [9.17, 15) is 9.18 Å². The summed E-state index contributed by atoms with van der Waals surface area (Å²) in [5.41, 5.74) is 6.77. The smallest absolute Gasteiger partial charge is 0.267 e. The van der Waals surface area contributed by atoms with Gasteiger partial charge in [-0.3, -0.25) is 9.78 Å². The number of hydrogen-bond donors (Lipinski definition) is 1. The number of nitrogens with zero attached hydrogens (tertiary/aromatic N) is 2. The molecule has 0 unspecified atom stereocenters. The van der Waals surface area contributed by atoms with Crippen LogP contribution in [-0.2, 0) is 6.61 Å². The van der Waals surface area contributed by atoms with Crippen molar-refractivity contribution in [3.8, 4) is 22.6 Å². The fraction of sp³-hybridized carbons (Fsp3) is 0.105. The van der Waals surface area contributed by atoms with Crippen LogP contribution in [0.1, 0.15) is 16.1 Å². The number of hydrogen-bond acceptors (Lipinski definition) is 5. The first-order valence-corrected chi connectivity index (χ1v) is 7.74. The van der Waals surface area contributed by atoms with Crippen molar-refractivity contribution >= 4 is 5.91 Å². The number of methoxy groups -OCH3 is 1. The van der Waals surface area contributed by atoms with Gasteiger partial charge >= 0.3 is 0 Å².